The first-order valence-electron chi connectivity index (χ1n) is 5.76. The van der Waals surface area contributed by atoms with Gasteiger partial charge in [-0.3, -0.25) is 0 Å². The number of carbonyl (C=O) groups is 2. The molecule has 1 saturated carbocycles. The summed E-state index contributed by atoms with van der Waals surface area (Å²) in [6.45, 7) is 5.66. The van der Waals surface area contributed by atoms with Gasteiger partial charge in [-0.15, -0.1) is 0 Å². The van der Waals surface area contributed by atoms with E-state index in [4.69, 9.17) is 0 Å². The van der Waals surface area contributed by atoms with Gasteiger partial charge >= 0.3 is 0 Å². The molecule has 0 radical (unpaired) electrons. The van der Waals surface area contributed by atoms with Crippen LogP contribution < -0.4 is 0 Å². The molecular formula is C13H20O2. The van der Waals surface area contributed by atoms with Gasteiger partial charge in [0.05, 0.1) is 0 Å². The number of ketones is 1. The third-order valence-corrected chi connectivity index (χ3v) is 3.32. The average Bonchev–Trinajstić information content (AvgIpc) is 2.16. The van der Waals surface area contributed by atoms with Crippen molar-refractivity contribution in [1.82, 2.24) is 0 Å². The first-order chi connectivity index (χ1) is 7.15. The van der Waals surface area contributed by atoms with Crippen LogP contribution in [0.2, 0.25) is 0 Å². The van der Waals surface area contributed by atoms with Gasteiger partial charge in [0.2, 0.25) is 0 Å². The number of hydrogen-bond donors (Lipinski definition) is 0. The molecule has 2 unspecified atom stereocenters. The quantitative estimate of drug-likeness (QED) is 0.366. The molecule has 1 rings (SSSR count). The van der Waals surface area contributed by atoms with E-state index >= 15 is 0 Å². The van der Waals surface area contributed by atoms with Gasteiger partial charge in [0.25, 0.3) is 0 Å². The highest BCUT2D eigenvalue weighted by molar-refractivity contribution is 5.75. The van der Waals surface area contributed by atoms with Crippen molar-refractivity contribution >= 4 is 12.1 Å². The second-order valence-electron chi connectivity index (χ2n) is 4.57. The van der Waals surface area contributed by atoms with Crippen molar-refractivity contribution in [3.63, 3.8) is 0 Å². The first kappa shape index (κ1) is 12.2. The second kappa shape index (κ2) is 5.84. The Hall–Kier alpha value is -0.920. The fraction of sp³-hybridized carbons (Fsp3) is 0.692. The summed E-state index contributed by atoms with van der Waals surface area (Å²) in [6.07, 6.45) is 6.48. The minimum absolute atomic E-state index is 0.265. The van der Waals surface area contributed by atoms with Crippen molar-refractivity contribution in [3.8, 4) is 0 Å². The van der Waals surface area contributed by atoms with Crippen LogP contribution in [-0.4, -0.2) is 12.1 Å². The molecule has 0 aliphatic heterocycles. The molecule has 0 saturated heterocycles. The zero-order valence-corrected chi connectivity index (χ0v) is 9.50. The monoisotopic (exact) mass is 208 g/mol. The molecule has 0 spiro atoms. The molecule has 15 heavy (non-hydrogen) atoms. The summed E-state index contributed by atoms with van der Waals surface area (Å²) in [5, 5.41) is 0. The van der Waals surface area contributed by atoms with E-state index in [0.29, 0.717) is 24.7 Å². The van der Waals surface area contributed by atoms with Gasteiger partial charge in [-0.05, 0) is 44.4 Å². The van der Waals surface area contributed by atoms with E-state index in [9.17, 15) is 9.59 Å². The van der Waals surface area contributed by atoms with Gasteiger partial charge in [0, 0.05) is 12.8 Å². The van der Waals surface area contributed by atoms with E-state index in [-0.39, 0.29) is 5.78 Å². The SMILES string of the molecule is C=C1CC(CCCC=O)C1CCC(C)=O. The van der Waals surface area contributed by atoms with Crippen molar-refractivity contribution < 1.29 is 9.59 Å². The fourth-order valence-electron chi connectivity index (χ4n) is 2.37. The topological polar surface area (TPSA) is 34.1 Å². The fourth-order valence-corrected chi connectivity index (χ4v) is 2.37. The summed E-state index contributed by atoms with van der Waals surface area (Å²) in [5.74, 6) is 1.48. The average molecular weight is 208 g/mol. The maximum absolute atomic E-state index is 10.9. The van der Waals surface area contributed by atoms with Gasteiger partial charge < -0.3 is 9.59 Å². The molecule has 0 aromatic heterocycles. The second-order valence-corrected chi connectivity index (χ2v) is 4.57. The van der Waals surface area contributed by atoms with E-state index in [1.165, 1.54) is 5.57 Å². The smallest absolute Gasteiger partial charge is 0.129 e. The molecule has 0 heterocycles. The van der Waals surface area contributed by atoms with Crippen LogP contribution in [-0.2, 0) is 9.59 Å². The van der Waals surface area contributed by atoms with Gasteiger partial charge in [0.15, 0.2) is 0 Å². The Bertz CT molecular complexity index is 255. The summed E-state index contributed by atoms with van der Waals surface area (Å²) in [7, 11) is 0. The number of unbranched alkanes of at least 4 members (excludes halogenated alkanes) is 1. The van der Waals surface area contributed by atoms with Crippen molar-refractivity contribution in [2.45, 2.75) is 45.4 Å². The largest absolute Gasteiger partial charge is 0.303 e. The summed E-state index contributed by atoms with van der Waals surface area (Å²) in [4.78, 5) is 21.1. The number of Topliss-reactive ketones (excluding diaryl/α,β-unsaturated/α-hetero) is 1. The molecule has 0 aromatic carbocycles. The summed E-state index contributed by atoms with van der Waals surface area (Å²) < 4.78 is 0. The lowest BCUT2D eigenvalue weighted by atomic mass is 9.66. The van der Waals surface area contributed by atoms with Crippen molar-refractivity contribution in [2.75, 3.05) is 0 Å². The van der Waals surface area contributed by atoms with Gasteiger partial charge in [0.1, 0.15) is 12.1 Å². The summed E-state index contributed by atoms with van der Waals surface area (Å²) in [6, 6.07) is 0. The maximum Gasteiger partial charge on any atom is 0.129 e. The molecular weight excluding hydrogens is 188 g/mol. The maximum atomic E-state index is 10.9. The molecule has 1 fully saturated rings. The Kier molecular flexibility index (Phi) is 4.73. The van der Waals surface area contributed by atoms with Crippen LogP contribution in [0.3, 0.4) is 0 Å². The predicted octanol–water partition coefficient (Wildman–Crippen LogP) is 2.92. The Balaban J connectivity index is 2.24. The van der Waals surface area contributed by atoms with Crippen LogP contribution in [0, 0.1) is 11.8 Å². The molecule has 0 bridgehead atoms. The van der Waals surface area contributed by atoms with Crippen LogP contribution >= 0.6 is 0 Å². The normalized spacial score (nSPS) is 24.7. The lowest BCUT2D eigenvalue weighted by molar-refractivity contribution is -0.117. The zero-order valence-electron chi connectivity index (χ0n) is 9.50. The van der Waals surface area contributed by atoms with Gasteiger partial charge in [-0.1, -0.05) is 12.2 Å². The molecule has 2 atom stereocenters. The number of carbonyl (C=O) groups excluding carboxylic acids is 2. The number of rotatable bonds is 7. The Labute approximate surface area is 91.7 Å². The third-order valence-electron chi connectivity index (χ3n) is 3.32. The molecule has 1 aliphatic carbocycles. The highest BCUT2D eigenvalue weighted by Gasteiger charge is 2.33. The van der Waals surface area contributed by atoms with E-state index in [2.05, 4.69) is 6.58 Å². The minimum atomic E-state index is 0.265. The molecule has 1 aliphatic rings. The Morgan fingerprint density at radius 2 is 2.27 bits per heavy atom. The molecule has 2 nitrogen and oxygen atoms in total. The summed E-state index contributed by atoms with van der Waals surface area (Å²) in [5.41, 5.74) is 1.30. The summed E-state index contributed by atoms with van der Waals surface area (Å²) >= 11 is 0. The number of hydrogen-bond acceptors (Lipinski definition) is 2. The lowest BCUT2D eigenvalue weighted by Gasteiger charge is -2.39. The standard InChI is InChI=1S/C13H20O2/c1-10-9-12(5-3-4-8-14)13(10)7-6-11(2)15/h8,12-13H,1,3-7,9H2,2H3. The van der Waals surface area contributed by atoms with Gasteiger partial charge in [-0.25, -0.2) is 0 Å². The highest BCUT2D eigenvalue weighted by Crippen LogP contribution is 2.44. The van der Waals surface area contributed by atoms with Gasteiger partial charge in [-0.2, -0.15) is 0 Å². The van der Waals surface area contributed by atoms with Crippen LogP contribution in [0.5, 0.6) is 0 Å². The Morgan fingerprint density at radius 3 is 2.80 bits per heavy atom. The molecule has 2 heteroatoms. The lowest BCUT2D eigenvalue weighted by Crippen LogP contribution is -2.28. The molecule has 0 aromatic rings. The van der Waals surface area contributed by atoms with E-state index in [1.807, 2.05) is 0 Å². The minimum Gasteiger partial charge on any atom is -0.303 e. The predicted molar refractivity (Wildman–Crippen MR) is 60.6 cm³/mol. The van der Waals surface area contributed by atoms with E-state index in [0.717, 1.165) is 32.0 Å². The van der Waals surface area contributed by atoms with Crippen LogP contribution in [0.25, 0.3) is 0 Å². The van der Waals surface area contributed by atoms with Crippen molar-refractivity contribution in [2.24, 2.45) is 11.8 Å². The third kappa shape index (κ3) is 3.61. The van der Waals surface area contributed by atoms with Crippen LogP contribution in [0.4, 0.5) is 0 Å². The van der Waals surface area contributed by atoms with Crippen LogP contribution in [0.15, 0.2) is 12.2 Å². The number of aldehydes is 1. The molecule has 0 N–H and O–H groups in total. The highest BCUT2D eigenvalue weighted by atomic mass is 16.1. The Morgan fingerprint density at radius 1 is 1.53 bits per heavy atom. The molecule has 0 amide bonds. The van der Waals surface area contributed by atoms with Crippen molar-refractivity contribution in [1.29, 1.82) is 0 Å². The van der Waals surface area contributed by atoms with E-state index in [1.54, 1.807) is 6.92 Å². The first-order valence-corrected chi connectivity index (χ1v) is 5.76. The zero-order chi connectivity index (χ0) is 11.3. The van der Waals surface area contributed by atoms with E-state index < -0.39 is 0 Å². The number of allylic oxidation sites excluding steroid dienone is 1. The van der Waals surface area contributed by atoms with Crippen LogP contribution in [0.1, 0.15) is 45.4 Å². The molecule has 84 valence electrons. The van der Waals surface area contributed by atoms with Crippen molar-refractivity contribution in [3.05, 3.63) is 12.2 Å².